The maximum atomic E-state index is 5.09. The van der Waals surface area contributed by atoms with Gasteiger partial charge in [0.25, 0.3) is 0 Å². The van der Waals surface area contributed by atoms with Crippen LogP contribution in [0.5, 0.6) is 0 Å². The molecule has 1 rings (SSSR count). The SMILES string of the molecule is CN=C(NCCN(C)CCOC)N1CCSC(C(C)C)C1.I. The van der Waals surface area contributed by atoms with Crippen molar-refractivity contribution < 1.29 is 4.74 Å². The quantitative estimate of drug-likeness (QED) is 0.369. The fourth-order valence-corrected chi connectivity index (χ4v) is 3.62. The fourth-order valence-electron chi connectivity index (χ4n) is 2.32. The van der Waals surface area contributed by atoms with E-state index >= 15 is 0 Å². The predicted molar refractivity (Wildman–Crippen MR) is 109 cm³/mol. The number of thioether (sulfide) groups is 1. The standard InChI is InChI=1S/C15H32N4OS.HI/c1-13(2)14-12-19(9-11-21-14)15(16-3)17-6-7-18(4)8-10-20-5;/h13-14H,6-12H2,1-5H3,(H,16,17);1H. The zero-order chi connectivity index (χ0) is 15.7. The van der Waals surface area contributed by atoms with Gasteiger partial charge in [0.2, 0.25) is 0 Å². The lowest BCUT2D eigenvalue weighted by Gasteiger charge is -2.36. The maximum absolute atomic E-state index is 5.09. The first-order valence-electron chi connectivity index (χ1n) is 7.83. The molecule has 1 unspecified atom stereocenters. The first-order valence-corrected chi connectivity index (χ1v) is 8.88. The van der Waals surface area contributed by atoms with Crippen molar-refractivity contribution in [2.75, 3.05) is 66.3 Å². The summed E-state index contributed by atoms with van der Waals surface area (Å²) in [6.07, 6.45) is 0. The van der Waals surface area contributed by atoms with Crippen LogP contribution in [0.1, 0.15) is 13.8 Å². The van der Waals surface area contributed by atoms with Crippen LogP contribution in [0.25, 0.3) is 0 Å². The molecule has 132 valence electrons. The summed E-state index contributed by atoms with van der Waals surface area (Å²) in [5.74, 6) is 2.95. The van der Waals surface area contributed by atoms with Crippen LogP contribution >= 0.6 is 35.7 Å². The van der Waals surface area contributed by atoms with E-state index in [4.69, 9.17) is 4.74 Å². The van der Waals surface area contributed by atoms with Gasteiger partial charge < -0.3 is 19.9 Å². The molecule has 5 nitrogen and oxygen atoms in total. The molecule has 0 aromatic carbocycles. The van der Waals surface area contributed by atoms with E-state index in [9.17, 15) is 0 Å². The van der Waals surface area contributed by atoms with Gasteiger partial charge in [-0.25, -0.2) is 0 Å². The molecule has 0 spiro atoms. The van der Waals surface area contributed by atoms with Crippen molar-refractivity contribution in [3.05, 3.63) is 0 Å². The molecule has 0 radical (unpaired) electrons. The first-order chi connectivity index (χ1) is 10.1. The minimum Gasteiger partial charge on any atom is -0.383 e. The summed E-state index contributed by atoms with van der Waals surface area (Å²) in [7, 11) is 5.74. The Kier molecular flexibility index (Phi) is 12.8. The third kappa shape index (κ3) is 8.21. The second-order valence-corrected chi connectivity index (χ2v) is 7.22. The molecular weight excluding hydrogens is 411 g/mol. The van der Waals surface area contributed by atoms with Gasteiger partial charge in [0, 0.05) is 57.9 Å². The summed E-state index contributed by atoms with van der Waals surface area (Å²) < 4.78 is 5.09. The average Bonchev–Trinajstić information content (AvgIpc) is 2.49. The maximum Gasteiger partial charge on any atom is 0.193 e. The summed E-state index contributed by atoms with van der Waals surface area (Å²) in [6, 6.07) is 0. The number of ether oxygens (including phenoxy) is 1. The molecule has 0 aromatic rings. The highest BCUT2D eigenvalue weighted by atomic mass is 127. The lowest BCUT2D eigenvalue weighted by atomic mass is 10.1. The van der Waals surface area contributed by atoms with E-state index in [1.54, 1.807) is 7.11 Å². The van der Waals surface area contributed by atoms with E-state index < -0.39 is 0 Å². The number of aliphatic imine (C=N–C) groups is 1. The van der Waals surface area contributed by atoms with Crippen molar-refractivity contribution in [2.45, 2.75) is 19.1 Å². The van der Waals surface area contributed by atoms with Crippen molar-refractivity contribution in [3.8, 4) is 0 Å². The lowest BCUT2D eigenvalue weighted by molar-refractivity contribution is 0.162. The highest BCUT2D eigenvalue weighted by molar-refractivity contribution is 14.0. The van der Waals surface area contributed by atoms with Crippen LogP contribution in [-0.4, -0.2) is 87.3 Å². The Morgan fingerprint density at radius 3 is 2.77 bits per heavy atom. The van der Waals surface area contributed by atoms with E-state index in [2.05, 4.69) is 52.8 Å². The van der Waals surface area contributed by atoms with Gasteiger partial charge in [0.05, 0.1) is 6.61 Å². The van der Waals surface area contributed by atoms with Crippen LogP contribution < -0.4 is 5.32 Å². The molecule has 1 aliphatic rings. The molecule has 0 saturated carbocycles. The Morgan fingerprint density at radius 2 is 2.18 bits per heavy atom. The molecule has 22 heavy (non-hydrogen) atoms. The van der Waals surface area contributed by atoms with Crippen molar-refractivity contribution in [3.63, 3.8) is 0 Å². The summed E-state index contributed by atoms with van der Waals surface area (Å²) in [5, 5.41) is 4.20. The molecule has 0 amide bonds. The van der Waals surface area contributed by atoms with Crippen LogP contribution in [-0.2, 0) is 4.74 Å². The number of rotatable bonds is 7. The highest BCUT2D eigenvalue weighted by Gasteiger charge is 2.24. The van der Waals surface area contributed by atoms with E-state index in [-0.39, 0.29) is 24.0 Å². The number of likely N-dealkylation sites (N-methyl/N-ethyl adjacent to an activating group) is 1. The van der Waals surface area contributed by atoms with Crippen LogP contribution in [0, 0.1) is 5.92 Å². The van der Waals surface area contributed by atoms with E-state index in [1.807, 2.05) is 7.05 Å². The van der Waals surface area contributed by atoms with Gasteiger partial charge in [-0.05, 0) is 13.0 Å². The lowest BCUT2D eigenvalue weighted by Crippen LogP contribution is -2.50. The van der Waals surface area contributed by atoms with Gasteiger partial charge in [0.1, 0.15) is 0 Å². The zero-order valence-corrected chi connectivity index (χ0v) is 17.8. The molecule has 1 heterocycles. The van der Waals surface area contributed by atoms with Gasteiger partial charge in [-0.15, -0.1) is 24.0 Å². The first kappa shape index (κ1) is 22.3. The number of nitrogens with one attached hydrogen (secondary N) is 1. The Balaban J connectivity index is 0.00000441. The smallest absolute Gasteiger partial charge is 0.193 e. The normalized spacial score (nSPS) is 19.5. The molecule has 1 saturated heterocycles. The molecular formula is C15H33IN4OS. The number of methoxy groups -OCH3 is 1. The van der Waals surface area contributed by atoms with Crippen molar-refractivity contribution in [1.82, 2.24) is 15.1 Å². The number of halogens is 1. The van der Waals surface area contributed by atoms with Crippen LogP contribution in [0.4, 0.5) is 0 Å². The van der Waals surface area contributed by atoms with Crippen molar-refractivity contribution in [1.29, 1.82) is 0 Å². The summed E-state index contributed by atoms with van der Waals surface area (Å²) in [5.41, 5.74) is 0. The average molecular weight is 444 g/mol. The molecule has 1 atom stereocenters. The topological polar surface area (TPSA) is 40.1 Å². The third-order valence-corrected chi connectivity index (χ3v) is 5.34. The Bertz CT molecular complexity index is 318. The summed E-state index contributed by atoms with van der Waals surface area (Å²) in [4.78, 5) is 9.11. The zero-order valence-electron chi connectivity index (χ0n) is 14.7. The number of guanidine groups is 1. The largest absolute Gasteiger partial charge is 0.383 e. The van der Waals surface area contributed by atoms with E-state index in [1.165, 1.54) is 5.75 Å². The minimum absolute atomic E-state index is 0. The van der Waals surface area contributed by atoms with Crippen molar-refractivity contribution >= 4 is 41.7 Å². The number of nitrogens with zero attached hydrogens (tertiary/aromatic N) is 3. The van der Waals surface area contributed by atoms with Crippen LogP contribution in [0.15, 0.2) is 4.99 Å². The highest BCUT2D eigenvalue weighted by Crippen LogP contribution is 2.24. The third-order valence-electron chi connectivity index (χ3n) is 3.80. The predicted octanol–water partition coefficient (Wildman–Crippen LogP) is 1.83. The van der Waals surface area contributed by atoms with E-state index in [0.29, 0.717) is 5.25 Å². The summed E-state index contributed by atoms with van der Waals surface area (Å²) >= 11 is 2.09. The van der Waals surface area contributed by atoms with E-state index in [0.717, 1.165) is 51.2 Å². The minimum atomic E-state index is 0. The van der Waals surface area contributed by atoms with Gasteiger partial charge in [-0.1, -0.05) is 13.8 Å². The van der Waals surface area contributed by atoms with Crippen LogP contribution in [0.3, 0.4) is 0 Å². The number of hydrogen-bond acceptors (Lipinski definition) is 4. The second-order valence-electron chi connectivity index (χ2n) is 5.87. The fraction of sp³-hybridized carbons (Fsp3) is 0.933. The molecule has 0 aromatic heterocycles. The Hall–Kier alpha value is 0.270. The van der Waals surface area contributed by atoms with Crippen LogP contribution in [0.2, 0.25) is 0 Å². The van der Waals surface area contributed by atoms with Gasteiger partial charge in [0.15, 0.2) is 5.96 Å². The summed E-state index contributed by atoms with van der Waals surface area (Å²) in [6.45, 7) is 10.5. The molecule has 0 bridgehead atoms. The molecule has 1 aliphatic heterocycles. The van der Waals surface area contributed by atoms with Gasteiger partial charge in [-0.2, -0.15) is 11.8 Å². The molecule has 1 fully saturated rings. The van der Waals surface area contributed by atoms with Crippen molar-refractivity contribution in [2.24, 2.45) is 10.9 Å². The van der Waals surface area contributed by atoms with Gasteiger partial charge >= 0.3 is 0 Å². The monoisotopic (exact) mass is 444 g/mol. The second kappa shape index (κ2) is 12.7. The Morgan fingerprint density at radius 1 is 1.45 bits per heavy atom. The molecule has 1 N–H and O–H groups in total. The molecule has 0 aliphatic carbocycles. The number of hydrogen-bond donors (Lipinski definition) is 1. The Labute approximate surface area is 157 Å². The van der Waals surface area contributed by atoms with Gasteiger partial charge in [-0.3, -0.25) is 4.99 Å². The molecule has 7 heteroatoms.